The summed E-state index contributed by atoms with van der Waals surface area (Å²) < 4.78 is 25.4. The number of hydrogen-bond acceptors (Lipinski definition) is 4. The molecule has 2 rings (SSSR count). The molecule has 1 fully saturated rings. The third kappa shape index (κ3) is 2.26. The molecule has 0 bridgehead atoms. The molecule has 0 amide bonds. The molecule has 17 heavy (non-hydrogen) atoms. The molecule has 2 N–H and O–H groups in total. The van der Waals surface area contributed by atoms with Crippen molar-refractivity contribution in [2.75, 3.05) is 13.1 Å². The highest BCUT2D eigenvalue weighted by Crippen LogP contribution is 2.25. The Morgan fingerprint density at radius 1 is 1.53 bits per heavy atom. The molecule has 0 aliphatic carbocycles. The first-order valence-electron chi connectivity index (χ1n) is 5.23. The molecule has 0 spiro atoms. The van der Waals surface area contributed by atoms with E-state index in [2.05, 4.69) is 4.98 Å². The normalized spacial score (nSPS) is 26.2. The molecule has 94 valence electrons. The maximum absolute atomic E-state index is 12.1. The number of pyridine rings is 1. The summed E-state index contributed by atoms with van der Waals surface area (Å²) in [5.41, 5.74) is -1.57. The van der Waals surface area contributed by atoms with Crippen LogP contribution in [0.2, 0.25) is 0 Å². The number of sulfonamides is 1. The summed E-state index contributed by atoms with van der Waals surface area (Å²) >= 11 is 0. The van der Waals surface area contributed by atoms with Crippen molar-refractivity contribution in [3.63, 3.8) is 0 Å². The van der Waals surface area contributed by atoms with Gasteiger partial charge in [-0.1, -0.05) is 0 Å². The Morgan fingerprint density at radius 3 is 2.76 bits per heavy atom. The number of nitrogens with zero attached hydrogens (tertiary/aromatic N) is 1. The first kappa shape index (κ1) is 12.3. The zero-order valence-corrected chi connectivity index (χ0v) is 10.2. The van der Waals surface area contributed by atoms with E-state index in [4.69, 9.17) is 0 Å². The van der Waals surface area contributed by atoms with E-state index < -0.39 is 21.1 Å². The molecule has 7 heteroatoms. The van der Waals surface area contributed by atoms with E-state index in [1.165, 1.54) is 18.5 Å². The van der Waals surface area contributed by atoms with Gasteiger partial charge in [0.05, 0.1) is 5.60 Å². The molecule has 6 nitrogen and oxygen atoms in total. The van der Waals surface area contributed by atoms with Crippen LogP contribution in [0.15, 0.2) is 28.2 Å². The standard InChI is InChI=1S/C10H14N2O4S/c1-10(14)3-5-12(7-10)17(15,16)9-6-11-4-2-8(9)13/h2,4,6,14H,3,5,7H2,1H3,(H,11,13). The zero-order chi connectivity index (χ0) is 12.7. The molecular formula is C10H14N2O4S. The van der Waals surface area contributed by atoms with E-state index in [0.717, 1.165) is 4.31 Å². The quantitative estimate of drug-likeness (QED) is 0.749. The second kappa shape index (κ2) is 3.94. The molecule has 1 saturated heterocycles. The molecule has 0 aromatic carbocycles. The number of aromatic nitrogens is 1. The van der Waals surface area contributed by atoms with E-state index in [1.807, 2.05) is 0 Å². The zero-order valence-electron chi connectivity index (χ0n) is 9.38. The molecule has 1 unspecified atom stereocenters. The molecule has 2 heterocycles. The highest BCUT2D eigenvalue weighted by Gasteiger charge is 2.39. The van der Waals surface area contributed by atoms with Gasteiger partial charge in [-0.05, 0) is 13.3 Å². The van der Waals surface area contributed by atoms with Gasteiger partial charge in [0, 0.05) is 31.5 Å². The molecule has 1 atom stereocenters. The van der Waals surface area contributed by atoms with Crippen LogP contribution in [0.25, 0.3) is 0 Å². The molecular weight excluding hydrogens is 244 g/mol. The van der Waals surface area contributed by atoms with E-state index >= 15 is 0 Å². The summed E-state index contributed by atoms with van der Waals surface area (Å²) in [5, 5.41) is 9.75. The number of hydrogen-bond donors (Lipinski definition) is 2. The lowest BCUT2D eigenvalue weighted by Crippen LogP contribution is -2.35. The fourth-order valence-electron chi connectivity index (χ4n) is 1.85. The largest absolute Gasteiger partial charge is 0.389 e. The van der Waals surface area contributed by atoms with Crippen molar-refractivity contribution in [1.29, 1.82) is 0 Å². The van der Waals surface area contributed by atoms with Gasteiger partial charge in [0.1, 0.15) is 4.90 Å². The highest BCUT2D eigenvalue weighted by atomic mass is 32.2. The van der Waals surface area contributed by atoms with E-state index in [0.29, 0.717) is 6.42 Å². The second-order valence-corrected chi connectivity index (χ2v) is 6.36. The Hall–Kier alpha value is -1.18. The first-order chi connectivity index (χ1) is 7.83. The molecule has 0 saturated carbocycles. The van der Waals surface area contributed by atoms with Crippen LogP contribution in [0.5, 0.6) is 0 Å². The van der Waals surface area contributed by atoms with E-state index in [1.54, 1.807) is 6.92 Å². The van der Waals surface area contributed by atoms with Gasteiger partial charge < -0.3 is 10.1 Å². The second-order valence-electron chi connectivity index (χ2n) is 4.46. The van der Waals surface area contributed by atoms with Crippen molar-refractivity contribution in [1.82, 2.24) is 9.29 Å². The number of β-amino-alcohol motifs (C(OH)–C–C–N with tert-alkyl or cyclic N) is 1. The smallest absolute Gasteiger partial charge is 0.248 e. The van der Waals surface area contributed by atoms with Gasteiger partial charge in [-0.3, -0.25) is 4.79 Å². The fraction of sp³-hybridized carbons (Fsp3) is 0.500. The molecule has 1 aliphatic rings. The predicted octanol–water partition coefficient (Wildman–Crippen LogP) is -0.480. The summed E-state index contributed by atoms with van der Waals surface area (Å²) in [6, 6.07) is 1.17. The number of aliphatic hydroxyl groups is 1. The minimum Gasteiger partial charge on any atom is -0.389 e. The SMILES string of the molecule is CC1(O)CCN(S(=O)(=O)c2c[nH]ccc2=O)C1. The van der Waals surface area contributed by atoms with Crippen LogP contribution in [0, 0.1) is 0 Å². The number of nitrogens with one attached hydrogen (secondary N) is 1. The lowest BCUT2D eigenvalue weighted by Gasteiger charge is -2.18. The van der Waals surface area contributed by atoms with Crippen LogP contribution in [-0.2, 0) is 10.0 Å². The summed E-state index contributed by atoms with van der Waals surface area (Å²) in [7, 11) is -3.81. The van der Waals surface area contributed by atoms with Crippen LogP contribution in [0.1, 0.15) is 13.3 Å². The van der Waals surface area contributed by atoms with Gasteiger partial charge in [0.15, 0.2) is 0 Å². The lowest BCUT2D eigenvalue weighted by molar-refractivity contribution is 0.0762. The van der Waals surface area contributed by atoms with E-state index in [9.17, 15) is 18.3 Å². The van der Waals surface area contributed by atoms with Crippen molar-refractivity contribution in [2.45, 2.75) is 23.8 Å². The maximum Gasteiger partial charge on any atom is 0.248 e. The third-order valence-corrected chi connectivity index (χ3v) is 4.69. The summed E-state index contributed by atoms with van der Waals surface area (Å²) in [4.78, 5) is 13.8. The summed E-state index contributed by atoms with van der Waals surface area (Å²) in [5.74, 6) is 0. The minimum absolute atomic E-state index is 0.0175. The highest BCUT2D eigenvalue weighted by molar-refractivity contribution is 7.89. The fourth-order valence-corrected chi connectivity index (χ4v) is 3.45. The molecule has 1 aliphatic heterocycles. The summed E-state index contributed by atoms with van der Waals surface area (Å²) in [6.45, 7) is 1.82. The Balaban J connectivity index is 2.39. The van der Waals surface area contributed by atoms with Crippen LogP contribution in [0.4, 0.5) is 0 Å². The van der Waals surface area contributed by atoms with Crippen molar-refractivity contribution in [3.8, 4) is 0 Å². The van der Waals surface area contributed by atoms with Crippen LogP contribution < -0.4 is 5.43 Å². The average Bonchev–Trinajstić information content (AvgIpc) is 2.60. The van der Waals surface area contributed by atoms with Crippen LogP contribution >= 0.6 is 0 Å². The number of H-pyrrole nitrogens is 1. The molecule has 1 aromatic heterocycles. The first-order valence-corrected chi connectivity index (χ1v) is 6.67. The van der Waals surface area contributed by atoms with Crippen molar-refractivity contribution >= 4 is 10.0 Å². The number of rotatable bonds is 2. The van der Waals surface area contributed by atoms with Gasteiger partial charge in [-0.2, -0.15) is 4.31 Å². The van der Waals surface area contributed by atoms with Crippen LogP contribution in [-0.4, -0.2) is 41.5 Å². The Bertz CT molecular complexity index is 576. The molecule has 0 radical (unpaired) electrons. The van der Waals surface area contributed by atoms with Gasteiger partial charge in [-0.25, -0.2) is 8.42 Å². The van der Waals surface area contributed by atoms with E-state index in [-0.39, 0.29) is 18.0 Å². The van der Waals surface area contributed by atoms with Gasteiger partial charge in [-0.15, -0.1) is 0 Å². The van der Waals surface area contributed by atoms with Crippen molar-refractivity contribution < 1.29 is 13.5 Å². The predicted molar refractivity (Wildman–Crippen MR) is 61.1 cm³/mol. The maximum atomic E-state index is 12.1. The minimum atomic E-state index is -3.81. The monoisotopic (exact) mass is 258 g/mol. The summed E-state index contributed by atoms with van der Waals surface area (Å²) in [6.07, 6.45) is 2.92. The van der Waals surface area contributed by atoms with Gasteiger partial charge in [0.2, 0.25) is 15.5 Å². The lowest BCUT2D eigenvalue weighted by atomic mass is 10.1. The van der Waals surface area contributed by atoms with Crippen molar-refractivity contribution in [2.24, 2.45) is 0 Å². The Labute approximate surface area is 98.9 Å². The van der Waals surface area contributed by atoms with Crippen molar-refractivity contribution in [3.05, 3.63) is 28.7 Å². The van der Waals surface area contributed by atoms with Crippen LogP contribution in [0.3, 0.4) is 0 Å². The van der Waals surface area contributed by atoms with Gasteiger partial charge >= 0.3 is 0 Å². The third-order valence-electron chi connectivity index (χ3n) is 2.82. The number of aromatic amines is 1. The van der Waals surface area contributed by atoms with Gasteiger partial charge in [0.25, 0.3) is 0 Å². The Morgan fingerprint density at radius 2 is 2.24 bits per heavy atom. The molecule has 1 aromatic rings. The average molecular weight is 258 g/mol. The Kier molecular flexibility index (Phi) is 2.84. The topological polar surface area (TPSA) is 90.5 Å².